The average Bonchev–Trinajstić information content (AvgIpc) is 2.74. The maximum atomic E-state index is 6.43. The fourth-order valence-electron chi connectivity index (χ4n) is 3.12. The van der Waals surface area contributed by atoms with Crippen LogP contribution in [-0.2, 0) is 6.42 Å². The molecule has 1 aliphatic heterocycles. The summed E-state index contributed by atoms with van der Waals surface area (Å²) in [4.78, 5) is 4.74. The van der Waals surface area contributed by atoms with Gasteiger partial charge in [-0.25, -0.2) is 0 Å². The molecule has 0 amide bonds. The molecule has 20 heavy (non-hydrogen) atoms. The highest BCUT2D eigenvalue weighted by molar-refractivity contribution is 6.33. The maximum absolute atomic E-state index is 6.43. The van der Waals surface area contributed by atoms with E-state index in [-0.39, 0.29) is 6.04 Å². The number of anilines is 1. The summed E-state index contributed by atoms with van der Waals surface area (Å²) in [6.45, 7) is 4.26. The van der Waals surface area contributed by atoms with Crippen LogP contribution in [0.4, 0.5) is 5.69 Å². The summed E-state index contributed by atoms with van der Waals surface area (Å²) in [5, 5.41) is 0.825. The van der Waals surface area contributed by atoms with Crippen LogP contribution in [0.15, 0.2) is 18.2 Å². The molecule has 1 heterocycles. The lowest BCUT2D eigenvalue weighted by Gasteiger charge is -2.30. The Bertz CT molecular complexity index is 447. The number of rotatable bonds is 5. The normalized spacial score (nSPS) is 21.1. The first kappa shape index (κ1) is 15.6. The summed E-state index contributed by atoms with van der Waals surface area (Å²) >= 11 is 6.43. The Balaban J connectivity index is 2.17. The van der Waals surface area contributed by atoms with Crippen LogP contribution in [-0.4, -0.2) is 44.2 Å². The first-order valence-corrected chi connectivity index (χ1v) is 7.81. The van der Waals surface area contributed by atoms with Crippen molar-refractivity contribution < 1.29 is 0 Å². The molecule has 112 valence electrons. The van der Waals surface area contributed by atoms with Gasteiger partial charge in [-0.15, -0.1) is 0 Å². The maximum Gasteiger partial charge on any atom is 0.0642 e. The SMILES string of the molecule is CC(N)Cc1cccc(Cl)c1N(C)CC1CCCN1C. The number of halogens is 1. The molecule has 2 rings (SSSR count). The fourth-order valence-corrected chi connectivity index (χ4v) is 3.45. The third-order valence-electron chi connectivity index (χ3n) is 4.15. The third-order valence-corrected chi connectivity index (χ3v) is 4.46. The van der Waals surface area contributed by atoms with Gasteiger partial charge in [0.2, 0.25) is 0 Å². The lowest BCUT2D eigenvalue weighted by molar-refractivity contribution is 0.314. The monoisotopic (exact) mass is 295 g/mol. The Labute approximate surface area is 127 Å². The molecule has 3 nitrogen and oxygen atoms in total. The molecule has 2 N–H and O–H groups in total. The van der Waals surface area contributed by atoms with E-state index in [1.165, 1.54) is 24.9 Å². The molecule has 0 aliphatic carbocycles. The van der Waals surface area contributed by atoms with Crippen molar-refractivity contribution in [3.05, 3.63) is 28.8 Å². The van der Waals surface area contributed by atoms with Gasteiger partial charge in [0.1, 0.15) is 0 Å². The number of hydrogen-bond acceptors (Lipinski definition) is 3. The Hall–Kier alpha value is -0.770. The van der Waals surface area contributed by atoms with Crippen LogP contribution in [0.5, 0.6) is 0 Å². The zero-order valence-corrected chi connectivity index (χ0v) is 13.5. The largest absolute Gasteiger partial charge is 0.372 e. The van der Waals surface area contributed by atoms with Gasteiger partial charge in [0.25, 0.3) is 0 Å². The summed E-state index contributed by atoms with van der Waals surface area (Å²) in [7, 11) is 4.35. The number of likely N-dealkylation sites (N-methyl/N-ethyl adjacent to an activating group) is 2. The molecule has 0 spiro atoms. The van der Waals surface area contributed by atoms with Crippen molar-refractivity contribution in [1.82, 2.24) is 4.90 Å². The molecule has 1 saturated heterocycles. The number of nitrogens with zero attached hydrogens (tertiary/aromatic N) is 2. The van der Waals surface area contributed by atoms with Gasteiger partial charge >= 0.3 is 0 Å². The lowest BCUT2D eigenvalue weighted by Crippen LogP contribution is -2.37. The quantitative estimate of drug-likeness (QED) is 0.906. The highest BCUT2D eigenvalue weighted by Crippen LogP contribution is 2.31. The molecule has 1 aromatic carbocycles. The predicted molar refractivity (Wildman–Crippen MR) is 87.7 cm³/mol. The molecule has 1 aromatic rings. The second-order valence-electron chi connectivity index (χ2n) is 6.09. The van der Waals surface area contributed by atoms with Gasteiger partial charge in [0.05, 0.1) is 10.7 Å². The van der Waals surface area contributed by atoms with E-state index in [4.69, 9.17) is 17.3 Å². The number of para-hydroxylation sites is 1. The number of hydrogen-bond donors (Lipinski definition) is 1. The van der Waals surface area contributed by atoms with E-state index in [9.17, 15) is 0 Å². The second kappa shape index (κ2) is 6.79. The Morgan fingerprint density at radius 2 is 2.25 bits per heavy atom. The minimum atomic E-state index is 0.148. The van der Waals surface area contributed by atoms with Gasteiger partial charge in [-0.2, -0.15) is 0 Å². The topological polar surface area (TPSA) is 32.5 Å². The summed E-state index contributed by atoms with van der Waals surface area (Å²) in [5.74, 6) is 0. The standard InChI is InChI=1S/C16H26ClN3/c1-12(18)10-13-6-4-8-15(17)16(13)20(3)11-14-7-5-9-19(14)2/h4,6,8,12,14H,5,7,9-11,18H2,1-3H3. The van der Waals surface area contributed by atoms with Gasteiger partial charge in [-0.1, -0.05) is 23.7 Å². The number of likely N-dealkylation sites (tertiary alicyclic amines) is 1. The first-order chi connectivity index (χ1) is 9.49. The zero-order chi connectivity index (χ0) is 14.7. The number of benzene rings is 1. The summed E-state index contributed by atoms with van der Waals surface area (Å²) < 4.78 is 0. The van der Waals surface area contributed by atoms with Crippen molar-refractivity contribution in [2.24, 2.45) is 5.73 Å². The van der Waals surface area contributed by atoms with Crippen LogP contribution in [0.2, 0.25) is 5.02 Å². The van der Waals surface area contributed by atoms with E-state index in [1.54, 1.807) is 0 Å². The van der Waals surface area contributed by atoms with Crippen molar-refractivity contribution in [2.75, 3.05) is 32.1 Å². The lowest BCUT2D eigenvalue weighted by atomic mass is 10.0. The van der Waals surface area contributed by atoms with E-state index < -0.39 is 0 Å². The van der Waals surface area contributed by atoms with Crippen LogP contribution >= 0.6 is 11.6 Å². The highest BCUT2D eigenvalue weighted by Gasteiger charge is 2.23. The van der Waals surface area contributed by atoms with Crippen molar-refractivity contribution in [2.45, 2.75) is 38.3 Å². The van der Waals surface area contributed by atoms with Gasteiger partial charge in [-0.05, 0) is 51.4 Å². The minimum absolute atomic E-state index is 0.148. The molecule has 0 radical (unpaired) electrons. The average molecular weight is 296 g/mol. The summed E-state index contributed by atoms with van der Waals surface area (Å²) in [6, 6.07) is 6.89. The number of nitrogens with two attached hydrogens (primary N) is 1. The minimum Gasteiger partial charge on any atom is -0.372 e. The Morgan fingerprint density at radius 1 is 1.50 bits per heavy atom. The summed E-state index contributed by atoms with van der Waals surface area (Å²) in [5.41, 5.74) is 8.35. The first-order valence-electron chi connectivity index (χ1n) is 7.43. The fraction of sp³-hybridized carbons (Fsp3) is 0.625. The molecule has 0 bridgehead atoms. The molecule has 2 unspecified atom stereocenters. The van der Waals surface area contributed by atoms with E-state index in [0.29, 0.717) is 6.04 Å². The van der Waals surface area contributed by atoms with E-state index in [0.717, 1.165) is 23.7 Å². The van der Waals surface area contributed by atoms with Crippen LogP contribution in [0, 0.1) is 0 Å². The van der Waals surface area contributed by atoms with Crippen LogP contribution in [0.1, 0.15) is 25.3 Å². The highest BCUT2D eigenvalue weighted by atomic mass is 35.5. The Morgan fingerprint density at radius 3 is 2.85 bits per heavy atom. The van der Waals surface area contributed by atoms with Crippen LogP contribution < -0.4 is 10.6 Å². The van der Waals surface area contributed by atoms with Gasteiger partial charge < -0.3 is 15.5 Å². The predicted octanol–water partition coefficient (Wildman–Crippen LogP) is 2.76. The molecular formula is C16H26ClN3. The molecular weight excluding hydrogens is 270 g/mol. The van der Waals surface area contributed by atoms with E-state index in [2.05, 4.69) is 30.0 Å². The van der Waals surface area contributed by atoms with Gasteiger partial charge in [-0.3, -0.25) is 0 Å². The van der Waals surface area contributed by atoms with Crippen molar-refractivity contribution in [3.8, 4) is 0 Å². The van der Waals surface area contributed by atoms with Crippen molar-refractivity contribution in [1.29, 1.82) is 0 Å². The third kappa shape index (κ3) is 3.66. The molecule has 0 saturated carbocycles. The molecule has 1 fully saturated rings. The van der Waals surface area contributed by atoms with E-state index >= 15 is 0 Å². The molecule has 1 aliphatic rings. The van der Waals surface area contributed by atoms with Gasteiger partial charge in [0.15, 0.2) is 0 Å². The molecule has 2 atom stereocenters. The second-order valence-corrected chi connectivity index (χ2v) is 6.49. The van der Waals surface area contributed by atoms with Crippen molar-refractivity contribution in [3.63, 3.8) is 0 Å². The molecule has 0 aromatic heterocycles. The summed E-state index contributed by atoms with van der Waals surface area (Å²) in [6.07, 6.45) is 3.43. The zero-order valence-electron chi connectivity index (χ0n) is 12.8. The van der Waals surface area contributed by atoms with Crippen LogP contribution in [0.3, 0.4) is 0 Å². The Kier molecular flexibility index (Phi) is 5.30. The van der Waals surface area contributed by atoms with Crippen molar-refractivity contribution >= 4 is 17.3 Å². The van der Waals surface area contributed by atoms with Gasteiger partial charge in [0, 0.05) is 25.7 Å². The smallest absolute Gasteiger partial charge is 0.0642 e. The van der Waals surface area contributed by atoms with E-state index in [1.807, 2.05) is 19.1 Å². The molecule has 4 heteroatoms. The van der Waals surface area contributed by atoms with Crippen LogP contribution in [0.25, 0.3) is 0 Å².